The summed E-state index contributed by atoms with van der Waals surface area (Å²) >= 11 is 0. The van der Waals surface area contributed by atoms with Crippen LogP contribution >= 0.6 is 0 Å². The van der Waals surface area contributed by atoms with E-state index in [1.54, 1.807) is 0 Å². The predicted molar refractivity (Wildman–Crippen MR) is 67.9 cm³/mol. The molecule has 3 N–H and O–H groups in total. The number of rotatable bonds is 3. The van der Waals surface area contributed by atoms with E-state index in [1.807, 2.05) is 13.8 Å². The Bertz CT molecular complexity index is 408. The van der Waals surface area contributed by atoms with Gasteiger partial charge in [-0.05, 0) is 27.2 Å². The van der Waals surface area contributed by atoms with E-state index in [0.29, 0.717) is 23.7 Å². The summed E-state index contributed by atoms with van der Waals surface area (Å²) in [5.41, 5.74) is 6.74. The van der Waals surface area contributed by atoms with Gasteiger partial charge in [0.15, 0.2) is 0 Å². The van der Waals surface area contributed by atoms with Gasteiger partial charge in [-0.15, -0.1) is 0 Å². The molecular formula is C12H20N4O. The lowest BCUT2D eigenvalue weighted by Crippen LogP contribution is -2.22. The summed E-state index contributed by atoms with van der Waals surface area (Å²) in [4.78, 5) is 8.51. The van der Waals surface area contributed by atoms with Crippen molar-refractivity contribution in [3.05, 3.63) is 11.4 Å². The van der Waals surface area contributed by atoms with Gasteiger partial charge in [-0.1, -0.05) is 0 Å². The molecule has 2 heterocycles. The summed E-state index contributed by atoms with van der Waals surface area (Å²) in [7, 11) is 0. The van der Waals surface area contributed by atoms with Crippen molar-refractivity contribution in [2.75, 3.05) is 24.2 Å². The number of ether oxygens (including phenoxy) is 1. The number of aryl methyl sites for hydroxylation is 1. The molecule has 2 unspecified atom stereocenters. The van der Waals surface area contributed by atoms with Crippen LogP contribution in [0.4, 0.5) is 11.6 Å². The van der Waals surface area contributed by atoms with Crippen molar-refractivity contribution < 1.29 is 4.74 Å². The molecule has 1 aliphatic rings. The van der Waals surface area contributed by atoms with Crippen molar-refractivity contribution in [2.45, 2.75) is 33.3 Å². The summed E-state index contributed by atoms with van der Waals surface area (Å²) < 4.78 is 5.53. The molecule has 94 valence electrons. The van der Waals surface area contributed by atoms with Crippen LogP contribution in [0.5, 0.6) is 0 Å². The summed E-state index contributed by atoms with van der Waals surface area (Å²) in [6.45, 7) is 7.63. The van der Waals surface area contributed by atoms with Crippen LogP contribution in [0.2, 0.25) is 0 Å². The van der Waals surface area contributed by atoms with E-state index in [2.05, 4.69) is 22.2 Å². The van der Waals surface area contributed by atoms with Gasteiger partial charge in [0.1, 0.15) is 17.5 Å². The molecule has 5 heteroatoms. The first-order valence-electron chi connectivity index (χ1n) is 6.04. The zero-order valence-corrected chi connectivity index (χ0v) is 10.7. The quantitative estimate of drug-likeness (QED) is 0.832. The van der Waals surface area contributed by atoms with Crippen molar-refractivity contribution in [3.63, 3.8) is 0 Å². The van der Waals surface area contributed by atoms with E-state index in [9.17, 15) is 0 Å². The van der Waals surface area contributed by atoms with E-state index >= 15 is 0 Å². The maximum absolute atomic E-state index is 5.82. The molecule has 0 aromatic carbocycles. The smallest absolute Gasteiger partial charge is 0.134 e. The molecule has 0 saturated carbocycles. The molecule has 0 radical (unpaired) electrons. The van der Waals surface area contributed by atoms with Crippen molar-refractivity contribution >= 4 is 11.6 Å². The number of hydrogen-bond acceptors (Lipinski definition) is 5. The third-order valence-electron chi connectivity index (χ3n) is 3.36. The second-order valence-electron chi connectivity index (χ2n) is 4.64. The number of aromatic nitrogens is 2. The Labute approximate surface area is 102 Å². The van der Waals surface area contributed by atoms with Gasteiger partial charge in [-0.25, -0.2) is 9.97 Å². The predicted octanol–water partition coefficient (Wildman–Crippen LogP) is 1.51. The van der Waals surface area contributed by atoms with Crippen LogP contribution in [0.3, 0.4) is 0 Å². The minimum absolute atomic E-state index is 0.322. The second-order valence-corrected chi connectivity index (χ2v) is 4.64. The third kappa shape index (κ3) is 2.66. The number of anilines is 2. The van der Waals surface area contributed by atoms with Crippen LogP contribution in [0.1, 0.15) is 24.7 Å². The Balaban J connectivity index is 2.03. The lowest BCUT2D eigenvalue weighted by Gasteiger charge is -2.16. The van der Waals surface area contributed by atoms with Crippen LogP contribution in [-0.4, -0.2) is 29.2 Å². The Kier molecular flexibility index (Phi) is 3.47. The molecule has 0 amide bonds. The second kappa shape index (κ2) is 4.87. The van der Waals surface area contributed by atoms with Gasteiger partial charge >= 0.3 is 0 Å². The highest BCUT2D eigenvalue weighted by atomic mass is 16.5. The fourth-order valence-corrected chi connectivity index (χ4v) is 2.09. The van der Waals surface area contributed by atoms with Crippen LogP contribution < -0.4 is 11.1 Å². The minimum atomic E-state index is 0.322. The molecule has 1 saturated heterocycles. The first-order valence-corrected chi connectivity index (χ1v) is 6.04. The van der Waals surface area contributed by atoms with Crippen LogP contribution in [0, 0.1) is 19.8 Å². The molecule has 1 fully saturated rings. The highest BCUT2D eigenvalue weighted by Crippen LogP contribution is 2.22. The minimum Gasteiger partial charge on any atom is -0.383 e. The summed E-state index contributed by atoms with van der Waals surface area (Å²) in [5.74, 6) is 2.64. The highest BCUT2D eigenvalue weighted by Gasteiger charge is 2.24. The molecule has 0 aliphatic carbocycles. The van der Waals surface area contributed by atoms with Gasteiger partial charge in [-0.3, -0.25) is 0 Å². The average Bonchev–Trinajstić information content (AvgIpc) is 2.67. The summed E-state index contributed by atoms with van der Waals surface area (Å²) in [5, 5.41) is 3.36. The largest absolute Gasteiger partial charge is 0.383 e. The number of nitrogens with two attached hydrogens (primary N) is 1. The number of nitrogens with zero attached hydrogens (tertiary/aromatic N) is 2. The van der Waals surface area contributed by atoms with Gasteiger partial charge in [0.25, 0.3) is 0 Å². The van der Waals surface area contributed by atoms with E-state index in [1.165, 1.54) is 0 Å². The topological polar surface area (TPSA) is 73.1 Å². The molecule has 17 heavy (non-hydrogen) atoms. The fraction of sp³-hybridized carbons (Fsp3) is 0.667. The molecule has 0 spiro atoms. The molecule has 5 nitrogen and oxygen atoms in total. The molecular weight excluding hydrogens is 216 g/mol. The Morgan fingerprint density at radius 3 is 2.82 bits per heavy atom. The van der Waals surface area contributed by atoms with Crippen LogP contribution in [0.25, 0.3) is 0 Å². The van der Waals surface area contributed by atoms with Crippen molar-refractivity contribution in [2.24, 2.45) is 5.92 Å². The average molecular weight is 236 g/mol. The zero-order chi connectivity index (χ0) is 12.4. The molecule has 2 atom stereocenters. The van der Waals surface area contributed by atoms with Gasteiger partial charge in [0.05, 0.1) is 6.10 Å². The molecule has 0 bridgehead atoms. The first-order chi connectivity index (χ1) is 8.08. The number of hydrogen-bond donors (Lipinski definition) is 2. The lowest BCUT2D eigenvalue weighted by molar-refractivity contribution is 0.108. The van der Waals surface area contributed by atoms with E-state index in [4.69, 9.17) is 10.5 Å². The van der Waals surface area contributed by atoms with E-state index < -0.39 is 0 Å². The zero-order valence-electron chi connectivity index (χ0n) is 10.7. The highest BCUT2D eigenvalue weighted by molar-refractivity contribution is 5.54. The fourth-order valence-electron chi connectivity index (χ4n) is 2.09. The monoisotopic (exact) mass is 236 g/mol. The standard InChI is InChI=1S/C12H20N4O/c1-7-11(13)15-9(3)16-12(7)14-6-10-4-5-17-8(10)2/h8,10H,4-6H2,1-3H3,(H3,13,14,15,16). The first kappa shape index (κ1) is 12.1. The third-order valence-corrected chi connectivity index (χ3v) is 3.36. The van der Waals surface area contributed by atoms with Gasteiger partial charge < -0.3 is 15.8 Å². The van der Waals surface area contributed by atoms with Crippen LogP contribution in [0.15, 0.2) is 0 Å². The van der Waals surface area contributed by atoms with Gasteiger partial charge in [-0.2, -0.15) is 0 Å². The molecule has 2 rings (SSSR count). The van der Waals surface area contributed by atoms with E-state index in [-0.39, 0.29) is 0 Å². The van der Waals surface area contributed by atoms with Crippen LogP contribution in [-0.2, 0) is 4.74 Å². The molecule has 1 aliphatic heterocycles. The molecule has 1 aromatic heterocycles. The Morgan fingerprint density at radius 1 is 1.41 bits per heavy atom. The molecule has 1 aromatic rings. The SMILES string of the molecule is Cc1nc(N)c(C)c(NCC2CCOC2C)n1. The number of nitrogen functional groups attached to an aromatic ring is 1. The maximum atomic E-state index is 5.82. The van der Waals surface area contributed by atoms with Gasteiger partial charge in [0, 0.05) is 24.6 Å². The van der Waals surface area contributed by atoms with Crippen molar-refractivity contribution in [1.29, 1.82) is 0 Å². The van der Waals surface area contributed by atoms with E-state index in [0.717, 1.165) is 31.0 Å². The lowest BCUT2D eigenvalue weighted by atomic mass is 10.0. The van der Waals surface area contributed by atoms with Gasteiger partial charge in [0.2, 0.25) is 0 Å². The summed E-state index contributed by atoms with van der Waals surface area (Å²) in [6, 6.07) is 0. The Morgan fingerprint density at radius 2 is 2.18 bits per heavy atom. The maximum Gasteiger partial charge on any atom is 0.134 e. The summed E-state index contributed by atoms with van der Waals surface area (Å²) in [6.07, 6.45) is 1.43. The number of nitrogens with one attached hydrogen (secondary N) is 1. The van der Waals surface area contributed by atoms with Crippen molar-refractivity contribution in [3.8, 4) is 0 Å². The van der Waals surface area contributed by atoms with Crippen molar-refractivity contribution in [1.82, 2.24) is 9.97 Å². The Hall–Kier alpha value is -1.36. The normalized spacial score (nSPS) is 23.9.